The molecule has 1 saturated heterocycles. The van der Waals surface area contributed by atoms with E-state index in [2.05, 4.69) is 10.2 Å². The molecular weight excluding hydrogens is 274 g/mol. The number of morpholine rings is 1. The first kappa shape index (κ1) is 15.4. The van der Waals surface area contributed by atoms with Gasteiger partial charge in [0.15, 0.2) is 0 Å². The molecule has 0 radical (unpaired) electrons. The third-order valence-electron chi connectivity index (χ3n) is 3.36. The Morgan fingerprint density at radius 2 is 2.14 bits per heavy atom. The summed E-state index contributed by atoms with van der Waals surface area (Å²) in [7, 11) is 0. The standard InChI is InChI=1S/C14H19N3O4/c18-14(12-3-1-4-13(11-12)17(19)20)15-5-2-6-16-7-9-21-10-8-16/h1,3-4,11H,2,5-10H2,(H,15,18). The van der Waals surface area contributed by atoms with E-state index < -0.39 is 4.92 Å². The highest BCUT2D eigenvalue weighted by molar-refractivity contribution is 5.94. The Hall–Kier alpha value is -1.99. The number of nitro benzene ring substituents is 1. The van der Waals surface area contributed by atoms with Crippen molar-refractivity contribution in [3.63, 3.8) is 0 Å². The first-order chi connectivity index (χ1) is 10.2. The molecule has 2 rings (SSSR count). The minimum atomic E-state index is -0.505. The van der Waals surface area contributed by atoms with Gasteiger partial charge < -0.3 is 10.1 Å². The van der Waals surface area contributed by atoms with E-state index in [0.717, 1.165) is 39.3 Å². The number of hydrogen-bond donors (Lipinski definition) is 1. The molecule has 0 aliphatic carbocycles. The smallest absolute Gasteiger partial charge is 0.270 e. The van der Waals surface area contributed by atoms with Gasteiger partial charge in [-0.1, -0.05) is 6.07 Å². The quantitative estimate of drug-likeness (QED) is 0.481. The minimum absolute atomic E-state index is 0.0732. The highest BCUT2D eigenvalue weighted by atomic mass is 16.6. The summed E-state index contributed by atoms with van der Waals surface area (Å²) >= 11 is 0. The second kappa shape index (κ2) is 7.70. The topological polar surface area (TPSA) is 84.7 Å². The summed E-state index contributed by atoms with van der Waals surface area (Å²) in [5, 5.41) is 13.5. The van der Waals surface area contributed by atoms with Crippen LogP contribution in [0.25, 0.3) is 0 Å². The number of nitro groups is 1. The van der Waals surface area contributed by atoms with Crippen LogP contribution >= 0.6 is 0 Å². The van der Waals surface area contributed by atoms with Gasteiger partial charge in [0, 0.05) is 37.3 Å². The molecule has 0 saturated carbocycles. The fourth-order valence-corrected chi connectivity index (χ4v) is 2.19. The zero-order valence-corrected chi connectivity index (χ0v) is 11.8. The van der Waals surface area contributed by atoms with Crippen molar-refractivity contribution in [1.82, 2.24) is 10.2 Å². The lowest BCUT2D eigenvalue weighted by Crippen LogP contribution is -2.38. The van der Waals surface area contributed by atoms with Crippen LogP contribution in [-0.2, 0) is 4.74 Å². The molecule has 0 aromatic heterocycles. The molecule has 1 aliphatic heterocycles. The maximum atomic E-state index is 11.9. The van der Waals surface area contributed by atoms with Crippen LogP contribution in [0.5, 0.6) is 0 Å². The molecule has 1 aromatic rings. The van der Waals surface area contributed by atoms with Crippen LogP contribution in [0.3, 0.4) is 0 Å². The van der Waals surface area contributed by atoms with Crippen molar-refractivity contribution in [3.8, 4) is 0 Å². The number of benzene rings is 1. The predicted octanol–water partition coefficient (Wildman–Crippen LogP) is 1.05. The van der Waals surface area contributed by atoms with Crippen LogP contribution in [0, 0.1) is 10.1 Å². The van der Waals surface area contributed by atoms with Gasteiger partial charge in [-0.25, -0.2) is 0 Å². The van der Waals surface area contributed by atoms with E-state index in [1.807, 2.05) is 0 Å². The summed E-state index contributed by atoms with van der Waals surface area (Å²) in [6.45, 7) is 4.86. The van der Waals surface area contributed by atoms with Crippen molar-refractivity contribution in [1.29, 1.82) is 0 Å². The molecule has 1 aliphatic rings. The van der Waals surface area contributed by atoms with Gasteiger partial charge in [0.2, 0.25) is 0 Å². The van der Waals surface area contributed by atoms with Crippen molar-refractivity contribution in [2.24, 2.45) is 0 Å². The number of nitrogens with zero attached hydrogens (tertiary/aromatic N) is 2. The van der Waals surface area contributed by atoms with Crippen LogP contribution < -0.4 is 5.32 Å². The van der Waals surface area contributed by atoms with Gasteiger partial charge in [0.1, 0.15) is 0 Å². The summed E-state index contributed by atoms with van der Waals surface area (Å²) in [6, 6.07) is 5.75. The summed E-state index contributed by atoms with van der Waals surface area (Å²) in [5.74, 6) is -0.277. The van der Waals surface area contributed by atoms with Gasteiger partial charge in [-0.2, -0.15) is 0 Å². The lowest BCUT2D eigenvalue weighted by atomic mass is 10.2. The molecule has 0 spiro atoms. The molecule has 7 nitrogen and oxygen atoms in total. The molecule has 0 unspecified atom stereocenters. The second-order valence-electron chi connectivity index (χ2n) is 4.87. The molecule has 1 N–H and O–H groups in total. The van der Waals surface area contributed by atoms with Gasteiger partial charge in [-0.3, -0.25) is 19.8 Å². The molecule has 7 heteroatoms. The molecule has 1 heterocycles. The minimum Gasteiger partial charge on any atom is -0.379 e. The number of non-ortho nitro benzene ring substituents is 1. The van der Waals surface area contributed by atoms with Crippen LogP contribution in [0.15, 0.2) is 24.3 Å². The van der Waals surface area contributed by atoms with Crippen molar-refractivity contribution < 1.29 is 14.5 Å². The SMILES string of the molecule is O=C(NCCCN1CCOCC1)c1cccc([N+](=O)[O-])c1. The Bertz CT molecular complexity index is 501. The average molecular weight is 293 g/mol. The fourth-order valence-electron chi connectivity index (χ4n) is 2.19. The van der Waals surface area contributed by atoms with Gasteiger partial charge in [0.05, 0.1) is 18.1 Å². The van der Waals surface area contributed by atoms with E-state index in [1.165, 1.54) is 18.2 Å². The number of hydrogen-bond acceptors (Lipinski definition) is 5. The summed E-state index contributed by atoms with van der Waals surface area (Å²) < 4.78 is 5.27. The van der Waals surface area contributed by atoms with Crippen molar-refractivity contribution in [2.45, 2.75) is 6.42 Å². The Morgan fingerprint density at radius 3 is 2.86 bits per heavy atom. The average Bonchev–Trinajstić information content (AvgIpc) is 2.52. The first-order valence-electron chi connectivity index (χ1n) is 6.99. The number of nitrogens with one attached hydrogen (secondary N) is 1. The van der Waals surface area contributed by atoms with E-state index in [9.17, 15) is 14.9 Å². The highest BCUT2D eigenvalue weighted by Crippen LogP contribution is 2.12. The maximum absolute atomic E-state index is 11.9. The summed E-state index contributed by atoms with van der Waals surface area (Å²) in [5.41, 5.74) is 0.242. The van der Waals surface area contributed by atoms with E-state index >= 15 is 0 Å². The van der Waals surface area contributed by atoms with Crippen LogP contribution in [-0.4, -0.2) is 55.1 Å². The second-order valence-corrected chi connectivity index (χ2v) is 4.87. The number of carbonyl (C=O) groups excluding carboxylic acids is 1. The zero-order valence-electron chi connectivity index (χ0n) is 11.8. The van der Waals surface area contributed by atoms with Crippen molar-refractivity contribution in [2.75, 3.05) is 39.4 Å². The predicted molar refractivity (Wildman–Crippen MR) is 77.3 cm³/mol. The van der Waals surface area contributed by atoms with E-state index in [1.54, 1.807) is 6.07 Å². The van der Waals surface area contributed by atoms with E-state index in [4.69, 9.17) is 4.74 Å². The Kier molecular flexibility index (Phi) is 5.65. The molecule has 1 amide bonds. The highest BCUT2D eigenvalue weighted by Gasteiger charge is 2.12. The Morgan fingerprint density at radius 1 is 1.38 bits per heavy atom. The lowest BCUT2D eigenvalue weighted by Gasteiger charge is -2.26. The third kappa shape index (κ3) is 4.80. The van der Waals surface area contributed by atoms with Gasteiger partial charge in [-0.15, -0.1) is 0 Å². The number of ether oxygens (including phenoxy) is 1. The number of carbonyl (C=O) groups is 1. The van der Waals surface area contributed by atoms with Gasteiger partial charge >= 0.3 is 0 Å². The van der Waals surface area contributed by atoms with Crippen LogP contribution in [0.4, 0.5) is 5.69 Å². The summed E-state index contributed by atoms with van der Waals surface area (Å²) in [6.07, 6.45) is 0.848. The van der Waals surface area contributed by atoms with Crippen molar-refractivity contribution in [3.05, 3.63) is 39.9 Å². The lowest BCUT2D eigenvalue weighted by molar-refractivity contribution is -0.384. The summed E-state index contributed by atoms with van der Waals surface area (Å²) in [4.78, 5) is 24.4. The molecule has 1 fully saturated rings. The Balaban J connectivity index is 1.74. The van der Waals surface area contributed by atoms with Gasteiger partial charge in [0.25, 0.3) is 11.6 Å². The fraction of sp³-hybridized carbons (Fsp3) is 0.500. The molecular formula is C14H19N3O4. The van der Waals surface area contributed by atoms with Crippen LogP contribution in [0.2, 0.25) is 0 Å². The van der Waals surface area contributed by atoms with Gasteiger partial charge in [-0.05, 0) is 19.0 Å². The molecule has 114 valence electrons. The molecule has 1 aromatic carbocycles. The maximum Gasteiger partial charge on any atom is 0.270 e. The number of amides is 1. The third-order valence-corrected chi connectivity index (χ3v) is 3.36. The molecule has 0 bridgehead atoms. The van der Waals surface area contributed by atoms with Crippen molar-refractivity contribution >= 4 is 11.6 Å². The molecule has 0 atom stereocenters. The molecule has 21 heavy (non-hydrogen) atoms. The monoisotopic (exact) mass is 293 g/mol. The largest absolute Gasteiger partial charge is 0.379 e. The van der Waals surface area contributed by atoms with E-state index in [0.29, 0.717) is 12.1 Å². The normalized spacial score (nSPS) is 15.6. The zero-order chi connectivity index (χ0) is 15.1. The first-order valence-corrected chi connectivity index (χ1v) is 6.99. The Labute approximate surface area is 123 Å². The number of rotatable bonds is 6. The van der Waals surface area contributed by atoms with Crippen LogP contribution in [0.1, 0.15) is 16.8 Å². The van der Waals surface area contributed by atoms with E-state index in [-0.39, 0.29) is 11.6 Å².